The van der Waals surface area contributed by atoms with Crippen LogP contribution >= 0.6 is 23.2 Å². The number of anilines is 1. The predicted octanol–water partition coefficient (Wildman–Crippen LogP) is 8.87. The average Bonchev–Trinajstić information content (AvgIpc) is 3.23. The van der Waals surface area contributed by atoms with Gasteiger partial charge in [0, 0.05) is 81.3 Å². The van der Waals surface area contributed by atoms with Gasteiger partial charge in [-0.25, -0.2) is 23.5 Å². The Bertz CT molecular complexity index is 2510. The van der Waals surface area contributed by atoms with Crippen molar-refractivity contribution < 1.29 is 73.6 Å². The van der Waals surface area contributed by atoms with Crippen LogP contribution in [0.5, 0.6) is 11.5 Å². The van der Waals surface area contributed by atoms with E-state index in [2.05, 4.69) is 23.7 Å². The van der Waals surface area contributed by atoms with Crippen LogP contribution in [0.3, 0.4) is 0 Å². The van der Waals surface area contributed by atoms with Crippen molar-refractivity contribution in [2.24, 2.45) is 0 Å². The maximum absolute atomic E-state index is 15.4. The standard InChI is InChI=1S/C23H20ClFN2O3.C19H14ClF2NO.C4H7NO2.BH.U/c1-30-19-7-6-16(22(25)21(19)15-3-2-4-17(24)12-15)11-14-5-8-20(26-13-14)27-10-9-18(27)23(28)29;1-24-16-7-6-14(9-12-5-8-17(21)23-11-12)19(22)18(16)13-3-2-4-15(20)10-13;6-4(7)3-1-2-5-3;;/h2-8,12-13,18H,9-11H2,1H3,(H,28,29);2-8,10-11H,9H2,1H3;3,5H,1-2H2,(H,6,7);1H;/t18-;;3-;;/m0.0../s1/i;;;1D;. The number of aliphatic carboxylic acids is 2. The molecule has 0 saturated carbocycles. The first-order chi connectivity index (χ1) is 30.4. The second kappa shape index (κ2) is 23.6. The number of benzene rings is 4. The zero-order valence-electron chi connectivity index (χ0n) is 35.1. The molecule has 324 valence electrons. The van der Waals surface area contributed by atoms with E-state index in [1.807, 2.05) is 6.07 Å². The Kier molecular flexibility index (Phi) is 18.3. The molecule has 0 unspecified atom stereocenters. The Balaban J connectivity index is 0.000000236. The van der Waals surface area contributed by atoms with E-state index in [-0.39, 0.29) is 48.8 Å². The van der Waals surface area contributed by atoms with Crippen LogP contribution in [0.4, 0.5) is 19.0 Å². The van der Waals surface area contributed by atoms with Gasteiger partial charge in [-0.15, -0.1) is 0 Å². The van der Waals surface area contributed by atoms with Crippen LogP contribution in [0.1, 0.15) is 35.1 Å². The molecule has 2 atom stereocenters. The number of aromatic nitrogens is 2. The zero-order chi connectivity index (χ0) is 45.6. The fourth-order valence-electron chi connectivity index (χ4n) is 6.70. The molecule has 0 spiro atoms. The van der Waals surface area contributed by atoms with Crippen molar-refractivity contribution in [2.75, 3.05) is 32.2 Å². The second-order valence-corrected chi connectivity index (χ2v) is 15.0. The second-order valence-electron chi connectivity index (χ2n) is 14.1. The molecule has 2 aromatic heterocycles. The minimum absolute atomic E-state index is 0. The van der Waals surface area contributed by atoms with Crippen LogP contribution in [0.15, 0.2) is 109 Å². The number of halogens is 5. The number of methoxy groups -OCH3 is 2. The monoisotopic (exact) mass is 1120 g/mol. The number of ether oxygens (including phenoxy) is 2. The summed E-state index contributed by atoms with van der Waals surface area (Å²) in [4.78, 5) is 30.9. The molecule has 6 aromatic rings. The Morgan fingerprint density at radius 2 is 1.27 bits per heavy atom. The molecule has 2 fully saturated rings. The third-order valence-electron chi connectivity index (χ3n) is 10.1. The SMILES string of the molecule is COc1ccc(Cc2ccc(F)nc2)c(F)c1-c1cccc(Cl)c1.COc1ccc(Cc2ccc(N3CC[C@H]3C(=O)O)nc2)c(F)c1-c1cccc(Cl)c1.O=C(O)[C@@H]1CCN1.[2H][B].[U]. The van der Waals surface area contributed by atoms with Gasteiger partial charge in [-0.2, -0.15) is 4.39 Å². The Morgan fingerprint density at radius 3 is 1.60 bits per heavy atom. The number of rotatable bonds is 11. The number of carboxylic acids is 2. The number of pyridine rings is 2. The molecule has 2 aliphatic heterocycles. The molecule has 4 heterocycles. The summed E-state index contributed by atoms with van der Waals surface area (Å²) in [5.41, 5.74) is 4.52. The Hall–Kier alpha value is -5.03. The largest absolute Gasteiger partial charge is 0.496 e. The summed E-state index contributed by atoms with van der Waals surface area (Å²) < 4.78 is 59.3. The number of carboxylic acid groups (broad SMARTS) is 2. The molecule has 0 aliphatic carbocycles. The summed E-state index contributed by atoms with van der Waals surface area (Å²) in [6.45, 7) is 1.52. The van der Waals surface area contributed by atoms with Crippen LogP contribution in [-0.4, -0.2) is 81.2 Å². The van der Waals surface area contributed by atoms with E-state index in [0.29, 0.717) is 86.6 Å². The van der Waals surface area contributed by atoms with Crippen molar-refractivity contribution in [3.63, 3.8) is 0 Å². The van der Waals surface area contributed by atoms with E-state index in [4.69, 9.17) is 39.1 Å². The van der Waals surface area contributed by atoms with Crippen molar-refractivity contribution in [3.05, 3.63) is 159 Å². The fraction of sp³-hybridized carbons (Fsp3) is 0.217. The van der Waals surface area contributed by atoms with Crippen LogP contribution in [0.2, 0.25) is 10.0 Å². The molecule has 3 N–H and O–H groups in total. The first-order valence-electron chi connectivity index (χ1n) is 19.7. The van der Waals surface area contributed by atoms with Crippen LogP contribution < -0.4 is 19.7 Å². The maximum atomic E-state index is 15.4. The third kappa shape index (κ3) is 12.8. The van der Waals surface area contributed by atoms with Gasteiger partial charge in [0.1, 0.15) is 41.0 Å². The number of nitrogens with zero attached hydrogens (tertiary/aromatic N) is 3. The molecule has 2 radical (unpaired) electrons. The first-order valence-corrected chi connectivity index (χ1v) is 19.9. The molecule has 8 rings (SSSR count). The van der Waals surface area contributed by atoms with E-state index in [0.717, 1.165) is 24.1 Å². The maximum Gasteiger partial charge on any atom is 0.326 e. The molecule has 0 bridgehead atoms. The number of hydrogen-bond acceptors (Lipinski definition) is 8. The average molecular weight is 1120 g/mol. The van der Waals surface area contributed by atoms with E-state index in [1.54, 1.807) is 96.0 Å². The van der Waals surface area contributed by atoms with Crippen LogP contribution in [0, 0.1) is 48.7 Å². The minimum atomic E-state index is -0.846. The quantitative estimate of drug-likeness (QED) is 0.0854. The van der Waals surface area contributed by atoms with Gasteiger partial charge >= 0.3 is 11.9 Å². The van der Waals surface area contributed by atoms with Crippen molar-refractivity contribution >= 4 is 49.3 Å². The van der Waals surface area contributed by atoms with Crippen LogP contribution in [-0.2, 0) is 22.4 Å². The van der Waals surface area contributed by atoms with Gasteiger partial charge in [0.25, 0.3) is 0 Å². The van der Waals surface area contributed by atoms with E-state index >= 15 is 8.78 Å². The predicted molar refractivity (Wildman–Crippen MR) is 235 cm³/mol. The number of nitrogens with one attached hydrogen (secondary N) is 1. The van der Waals surface area contributed by atoms with Crippen molar-refractivity contribution in [1.82, 2.24) is 15.3 Å². The Labute approximate surface area is 400 Å². The molecular weight excluding hydrogens is 1080 g/mol. The molecule has 4 aromatic carbocycles. The van der Waals surface area contributed by atoms with Gasteiger partial charge in [0.15, 0.2) is 0 Å². The molecule has 17 heteroatoms. The minimum Gasteiger partial charge on any atom is -0.496 e. The van der Waals surface area contributed by atoms with Gasteiger partial charge in [0.2, 0.25) is 5.95 Å². The summed E-state index contributed by atoms with van der Waals surface area (Å²) in [5, 5.41) is 21.1. The summed E-state index contributed by atoms with van der Waals surface area (Å²) >= 11 is 12.1. The number of carbonyl (C=O) groups is 2. The van der Waals surface area contributed by atoms with E-state index in [9.17, 15) is 19.1 Å². The molecule has 0 amide bonds. The topological polar surface area (TPSA) is 134 Å². The smallest absolute Gasteiger partial charge is 0.326 e. The summed E-state index contributed by atoms with van der Waals surface area (Å²) in [6, 6.07) is 26.5. The van der Waals surface area contributed by atoms with Gasteiger partial charge in [0.05, 0.1) is 25.3 Å². The van der Waals surface area contributed by atoms with E-state index < -0.39 is 23.9 Å². The number of hydrogen-bond donors (Lipinski definition) is 3. The van der Waals surface area contributed by atoms with Gasteiger partial charge in [-0.3, -0.25) is 4.79 Å². The van der Waals surface area contributed by atoms with Crippen LogP contribution in [0.25, 0.3) is 22.3 Å². The Morgan fingerprint density at radius 1 is 0.762 bits per heavy atom. The summed E-state index contributed by atoms with van der Waals surface area (Å²) in [7, 11) is 6.75. The van der Waals surface area contributed by atoms with E-state index in [1.165, 1.54) is 26.5 Å². The van der Waals surface area contributed by atoms with Crippen molar-refractivity contribution in [2.45, 2.75) is 37.8 Å². The molecule has 2 saturated heterocycles. The normalized spacial score (nSPS) is 14.8. The van der Waals surface area contributed by atoms with Crippen molar-refractivity contribution in [3.8, 4) is 33.8 Å². The molecule has 2 aliphatic rings. The van der Waals surface area contributed by atoms with Gasteiger partial charge in [-0.05, 0) is 103 Å². The first kappa shape index (κ1) is 49.0. The fourth-order valence-corrected chi connectivity index (χ4v) is 7.08. The van der Waals surface area contributed by atoms with Gasteiger partial charge in [-0.1, -0.05) is 71.7 Å². The zero-order valence-corrected chi connectivity index (χ0v) is 39.8. The third-order valence-corrected chi connectivity index (χ3v) is 10.6. The molecule has 63 heavy (non-hydrogen) atoms. The molecule has 10 nitrogen and oxygen atoms in total. The van der Waals surface area contributed by atoms with Gasteiger partial charge < -0.3 is 29.9 Å². The summed E-state index contributed by atoms with van der Waals surface area (Å²) in [5.74, 6) is -1.41. The molecular formula is C46H42BCl2F3N4O6U. The van der Waals surface area contributed by atoms with Crippen molar-refractivity contribution in [1.29, 1.82) is 1.34 Å². The summed E-state index contributed by atoms with van der Waals surface area (Å²) in [6.07, 6.45) is 5.11.